The molecule has 1 saturated heterocycles. The molecule has 0 aromatic heterocycles. The van der Waals surface area contributed by atoms with Crippen molar-refractivity contribution in [2.75, 3.05) is 19.8 Å². The Kier molecular flexibility index (Phi) is 3.90. The van der Waals surface area contributed by atoms with Gasteiger partial charge in [0, 0.05) is 25.2 Å². The highest BCUT2D eigenvalue weighted by Crippen LogP contribution is 2.40. The van der Waals surface area contributed by atoms with E-state index in [1.807, 2.05) is 0 Å². The SMILES string of the molecule is NCC1(c2ccc(C3CCOCC3)cc2)CCCC1. The molecule has 0 unspecified atom stereocenters. The Hall–Kier alpha value is -0.860. The van der Waals surface area contributed by atoms with Crippen LogP contribution >= 0.6 is 0 Å². The van der Waals surface area contributed by atoms with Gasteiger partial charge in [-0.3, -0.25) is 0 Å². The molecule has 2 N–H and O–H groups in total. The number of benzene rings is 1. The lowest BCUT2D eigenvalue weighted by atomic mass is 9.78. The van der Waals surface area contributed by atoms with Crippen LogP contribution in [-0.2, 0) is 10.2 Å². The lowest BCUT2D eigenvalue weighted by Gasteiger charge is -2.29. The minimum absolute atomic E-state index is 0.272. The van der Waals surface area contributed by atoms with Crippen LogP contribution in [0.1, 0.15) is 55.6 Å². The van der Waals surface area contributed by atoms with Crippen LogP contribution in [-0.4, -0.2) is 19.8 Å². The summed E-state index contributed by atoms with van der Waals surface area (Å²) >= 11 is 0. The number of rotatable bonds is 3. The van der Waals surface area contributed by atoms with Gasteiger partial charge in [-0.05, 0) is 42.7 Å². The molecule has 1 aromatic rings. The first-order valence-electron chi connectivity index (χ1n) is 7.72. The van der Waals surface area contributed by atoms with Crippen molar-refractivity contribution in [3.05, 3.63) is 35.4 Å². The Morgan fingerprint density at radius 3 is 2.26 bits per heavy atom. The molecule has 3 rings (SSSR count). The highest BCUT2D eigenvalue weighted by atomic mass is 16.5. The summed E-state index contributed by atoms with van der Waals surface area (Å²) in [6.07, 6.45) is 7.53. The van der Waals surface area contributed by atoms with Gasteiger partial charge in [0.1, 0.15) is 0 Å². The zero-order valence-corrected chi connectivity index (χ0v) is 11.7. The molecular weight excluding hydrogens is 234 g/mol. The van der Waals surface area contributed by atoms with E-state index in [9.17, 15) is 0 Å². The third-order valence-corrected chi connectivity index (χ3v) is 5.17. The van der Waals surface area contributed by atoms with Gasteiger partial charge >= 0.3 is 0 Å². The van der Waals surface area contributed by atoms with Gasteiger partial charge in [-0.1, -0.05) is 37.1 Å². The van der Waals surface area contributed by atoms with Crippen LogP contribution in [0.5, 0.6) is 0 Å². The third-order valence-electron chi connectivity index (χ3n) is 5.17. The van der Waals surface area contributed by atoms with Gasteiger partial charge in [-0.25, -0.2) is 0 Å². The molecule has 1 heterocycles. The molecule has 0 radical (unpaired) electrons. The van der Waals surface area contributed by atoms with E-state index in [-0.39, 0.29) is 5.41 Å². The summed E-state index contributed by atoms with van der Waals surface area (Å²) in [6.45, 7) is 2.63. The summed E-state index contributed by atoms with van der Waals surface area (Å²) in [6, 6.07) is 9.34. The van der Waals surface area contributed by atoms with Gasteiger partial charge in [0.05, 0.1) is 0 Å². The highest BCUT2D eigenvalue weighted by molar-refractivity contribution is 5.32. The second-order valence-corrected chi connectivity index (χ2v) is 6.20. The van der Waals surface area contributed by atoms with Crippen LogP contribution in [0.2, 0.25) is 0 Å². The van der Waals surface area contributed by atoms with Crippen molar-refractivity contribution >= 4 is 0 Å². The van der Waals surface area contributed by atoms with E-state index in [1.165, 1.54) is 49.7 Å². The molecule has 2 nitrogen and oxygen atoms in total. The van der Waals surface area contributed by atoms with Crippen LogP contribution in [0.25, 0.3) is 0 Å². The lowest BCUT2D eigenvalue weighted by Crippen LogP contribution is -2.31. The molecule has 19 heavy (non-hydrogen) atoms. The maximum atomic E-state index is 6.07. The van der Waals surface area contributed by atoms with Gasteiger partial charge in [0.2, 0.25) is 0 Å². The number of hydrogen-bond acceptors (Lipinski definition) is 2. The van der Waals surface area contributed by atoms with E-state index in [1.54, 1.807) is 0 Å². The third kappa shape index (κ3) is 2.56. The minimum atomic E-state index is 0.272. The Morgan fingerprint density at radius 2 is 1.68 bits per heavy atom. The first-order chi connectivity index (χ1) is 9.34. The molecule has 0 amide bonds. The van der Waals surface area contributed by atoms with E-state index < -0.39 is 0 Å². The van der Waals surface area contributed by atoms with Gasteiger partial charge < -0.3 is 10.5 Å². The summed E-state index contributed by atoms with van der Waals surface area (Å²) in [5, 5.41) is 0. The van der Waals surface area contributed by atoms with Crippen molar-refractivity contribution in [2.45, 2.75) is 49.9 Å². The predicted octanol–water partition coefficient (Wildman–Crippen LogP) is 3.35. The fourth-order valence-corrected chi connectivity index (χ4v) is 3.80. The average molecular weight is 259 g/mol. The van der Waals surface area contributed by atoms with Crippen molar-refractivity contribution < 1.29 is 4.74 Å². The van der Waals surface area contributed by atoms with Crippen LogP contribution in [0.4, 0.5) is 0 Å². The fraction of sp³-hybridized carbons (Fsp3) is 0.647. The monoisotopic (exact) mass is 259 g/mol. The Bertz CT molecular complexity index is 400. The van der Waals surface area contributed by atoms with E-state index in [0.717, 1.165) is 19.8 Å². The predicted molar refractivity (Wildman–Crippen MR) is 78.4 cm³/mol. The van der Waals surface area contributed by atoms with E-state index in [2.05, 4.69) is 24.3 Å². The summed E-state index contributed by atoms with van der Waals surface area (Å²) in [5.74, 6) is 0.695. The van der Waals surface area contributed by atoms with E-state index in [4.69, 9.17) is 10.5 Å². The van der Waals surface area contributed by atoms with Crippen molar-refractivity contribution in [1.82, 2.24) is 0 Å². The van der Waals surface area contributed by atoms with Crippen molar-refractivity contribution in [3.8, 4) is 0 Å². The number of ether oxygens (including phenoxy) is 1. The van der Waals surface area contributed by atoms with Crippen LogP contribution in [0, 0.1) is 0 Å². The second-order valence-electron chi connectivity index (χ2n) is 6.20. The maximum absolute atomic E-state index is 6.07. The smallest absolute Gasteiger partial charge is 0.0471 e. The van der Waals surface area contributed by atoms with E-state index >= 15 is 0 Å². The molecule has 0 atom stereocenters. The first-order valence-corrected chi connectivity index (χ1v) is 7.72. The summed E-state index contributed by atoms with van der Waals surface area (Å²) in [4.78, 5) is 0. The average Bonchev–Trinajstić information content (AvgIpc) is 2.98. The Balaban J connectivity index is 1.78. The molecule has 104 valence electrons. The van der Waals surface area contributed by atoms with Crippen molar-refractivity contribution in [2.24, 2.45) is 5.73 Å². The molecule has 1 saturated carbocycles. The molecule has 1 aliphatic heterocycles. The zero-order valence-electron chi connectivity index (χ0n) is 11.7. The summed E-state index contributed by atoms with van der Waals surface area (Å²) in [7, 11) is 0. The molecule has 0 bridgehead atoms. The molecule has 2 fully saturated rings. The first kappa shape index (κ1) is 13.1. The van der Waals surface area contributed by atoms with Gasteiger partial charge in [0.15, 0.2) is 0 Å². The van der Waals surface area contributed by atoms with Crippen molar-refractivity contribution in [3.63, 3.8) is 0 Å². The number of nitrogens with two attached hydrogens (primary N) is 1. The molecule has 1 aliphatic carbocycles. The standard InChI is InChI=1S/C17H25NO/c18-13-17(9-1-2-10-17)16-5-3-14(4-6-16)15-7-11-19-12-8-15/h3-6,15H,1-2,7-13,18H2. The van der Waals surface area contributed by atoms with Gasteiger partial charge in [0.25, 0.3) is 0 Å². The molecule has 1 aromatic carbocycles. The zero-order chi connectivity index (χ0) is 13.1. The van der Waals surface area contributed by atoms with Crippen molar-refractivity contribution in [1.29, 1.82) is 0 Å². The second kappa shape index (κ2) is 5.64. The highest BCUT2D eigenvalue weighted by Gasteiger charge is 2.34. The van der Waals surface area contributed by atoms with Crippen LogP contribution in [0.3, 0.4) is 0 Å². The van der Waals surface area contributed by atoms with E-state index in [0.29, 0.717) is 5.92 Å². The number of hydrogen-bond donors (Lipinski definition) is 1. The maximum Gasteiger partial charge on any atom is 0.0471 e. The molecule has 2 aliphatic rings. The van der Waals surface area contributed by atoms with Gasteiger partial charge in [-0.15, -0.1) is 0 Å². The quantitative estimate of drug-likeness (QED) is 0.903. The Labute approximate surface area is 116 Å². The molecule has 2 heteroatoms. The summed E-state index contributed by atoms with van der Waals surface area (Å²) < 4.78 is 5.44. The Morgan fingerprint density at radius 1 is 1.05 bits per heavy atom. The normalized spacial score (nSPS) is 23.6. The minimum Gasteiger partial charge on any atom is -0.381 e. The van der Waals surface area contributed by atoms with Crippen LogP contribution < -0.4 is 5.73 Å². The fourth-order valence-electron chi connectivity index (χ4n) is 3.80. The summed E-state index contributed by atoms with van der Waals surface area (Å²) in [5.41, 5.74) is 9.28. The van der Waals surface area contributed by atoms with Gasteiger partial charge in [-0.2, -0.15) is 0 Å². The largest absolute Gasteiger partial charge is 0.381 e. The van der Waals surface area contributed by atoms with Crippen LogP contribution in [0.15, 0.2) is 24.3 Å². The molecular formula is C17H25NO. The molecule has 0 spiro atoms. The topological polar surface area (TPSA) is 35.2 Å². The lowest BCUT2D eigenvalue weighted by molar-refractivity contribution is 0.0853.